The Labute approximate surface area is 174 Å². The average molecular weight is 399 g/mol. The molecule has 5 nitrogen and oxygen atoms in total. The molecule has 2 rings (SSSR count). The zero-order valence-corrected chi connectivity index (χ0v) is 17.7. The van der Waals surface area contributed by atoms with Gasteiger partial charge in [-0.15, -0.1) is 0 Å². The van der Waals surface area contributed by atoms with E-state index < -0.39 is 0 Å². The van der Waals surface area contributed by atoms with Gasteiger partial charge >= 0.3 is 0 Å². The van der Waals surface area contributed by atoms with Crippen LogP contribution >= 0.6 is 0 Å². The highest BCUT2D eigenvalue weighted by molar-refractivity contribution is 5.95. The van der Waals surface area contributed by atoms with Crippen molar-refractivity contribution in [3.8, 4) is 11.5 Å². The van der Waals surface area contributed by atoms with Crippen molar-refractivity contribution in [3.63, 3.8) is 0 Å². The van der Waals surface area contributed by atoms with Gasteiger partial charge in [-0.05, 0) is 37.1 Å². The third-order valence-electron chi connectivity index (χ3n) is 4.47. The molecule has 0 aliphatic rings. The van der Waals surface area contributed by atoms with Gasteiger partial charge in [0.15, 0.2) is 0 Å². The van der Waals surface area contributed by atoms with Crippen molar-refractivity contribution in [3.05, 3.63) is 48.5 Å². The summed E-state index contributed by atoms with van der Waals surface area (Å²) in [6.45, 7) is 5.86. The van der Waals surface area contributed by atoms with Crippen LogP contribution in [0.15, 0.2) is 48.5 Å². The van der Waals surface area contributed by atoms with Gasteiger partial charge in [0, 0.05) is 11.8 Å². The molecule has 0 saturated carbocycles. The number of ether oxygens (including phenoxy) is 2. The summed E-state index contributed by atoms with van der Waals surface area (Å²) in [5.41, 5.74) is 1.55. The Balaban J connectivity index is 1.80. The van der Waals surface area contributed by atoms with Gasteiger partial charge in [0.05, 0.1) is 25.4 Å². The first-order valence-corrected chi connectivity index (χ1v) is 10.7. The molecule has 29 heavy (non-hydrogen) atoms. The quantitative estimate of drug-likeness (QED) is 0.390. The Morgan fingerprint density at radius 1 is 0.862 bits per heavy atom. The average Bonchev–Trinajstić information content (AvgIpc) is 2.74. The van der Waals surface area contributed by atoms with E-state index in [1.165, 1.54) is 19.3 Å². The van der Waals surface area contributed by atoms with Gasteiger partial charge in [-0.25, -0.2) is 0 Å². The van der Waals surface area contributed by atoms with E-state index in [1.807, 2.05) is 48.5 Å². The van der Waals surface area contributed by atoms with E-state index in [-0.39, 0.29) is 12.5 Å². The van der Waals surface area contributed by atoms with Gasteiger partial charge in [-0.1, -0.05) is 57.7 Å². The number of anilines is 2. The van der Waals surface area contributed by atoms with Crippen LogP contribution in [0.3, 0.4) is 0 Å². The first-order chi connectivity index (χ1) is 14.2. The van der Waals surface area contributed by atoms with E-state index in [4.69, 9.17) is 9.47 Å². The summed E-state index contributed by atoms with van der Waals surface area (Å²) in [5.74, 6) is 1.40. The topological polar surface area (TPSA) is 59.6 Å². The maximum Gasteiger partial charge on any atom is 0.243 e. The monoisotopic (exact) mass is 398 g/mol. The predicted molar refractivity (Wildman–Crippen MR) is 120 cm³/mol. The van der Waals surface area contributed by atoms with Crippen LogP contribution in [-0.4, -0.2) is 25.7 Å². The highest BCUT2D eigenvalue weighted by Crippen LogP contribution is 2.24. The van der Waals surface area contributed by atoms with E-state index in [2.05, 4.69) is 24.5 Å². The largest absolute Gasteiger partial charge is 0.494 e. The van der Waals surface area contributed by atoms with Gasteiger partial charge in [-0.3, -0.25) is 4.79 Å². The van der Waals surface area contributed by atoms with Crippen molar-refractivity contribution >= 4 is 17.3 Å². The number of nitrogens with one attached hydrogen (secondary N) is 2. The van der Waals surface area contributed by atoms with Crippen LogP contribution in [0.25, 0.3) is 0 Å². The van der Waals surface area contributed by atoms with Crippen LogP contribution in [0.1, 0.15) is 52.4 Å². The van der Waals surface area contributed by atoms with Crippen LogP contribution in [0, 0.1) is 0 Å². The van der Waals surface area contributed by atoms with E-state index in [0.717, 1.165) is 37.3 Å². The van der Waals surface area contributed by atoms with E-state index in [0.29, 0.717) is 18.0 Å². The Morgan fingerprint density at radius 2 is 1.66 bits per heavy atom. The molecule has 0 unspecified atom stereocenters. The van der Waals surface area contributed by atoms with Crippen molar-refractivity contribution in [1.29, 1.82) is 0 Å². The SMILES string of the molecule is CCCCCCOc1cccc(NCC(=O)Nc2ccccc2OCCCC)c1. The third-order valence-corrected chi connectivity index (χ3v) is 4.47. The molecule has 0 aromatic heterocycles. The lowest BCUT2D eigenvalue weighted by Crippen LogP contribution is -2.22. The van der Waals surface area contributed by atoms with Crippen molar-refractivity contribution in [2.45, 2.75) is 52.4 Å². The van der Waals surface area contributed by atoms with Crippen LogP contribution in [0.4, 0.5) is 11.4 Å². The second-order valence-electron chi connectivity index (χ2n) is 7.04. The molecular formula is C24H34N2O3. The lowest BCUT2D eigenvalue weighted by atomic mass is 10.2. The molecule has 5 heteroatoms. The standard InChI is InChI=1S/C24H34N2O3/c1-3-5-7-10-17-28-21-13-11-12-20(18-21)25-19-24(27)26-22-14-8-9-15-23(22)29-16-6-4-2/h8-9,11-15,18,25H,3-7,10,16-17,19H2,1-2H3,(H,26,27). The smallest absolute Gasteiger partial charge is 0.243 e. The molecule has 0 aliphatic carbocycles. The zero-order chi connectivity index (χ0) is 20.7. The zero-order valence-electron chi connectivity index (χ0n) is 17.7. The number of unbranched alkanes of at least 4 members (excludes halogenated alkanes) is 4. The van der Waals surface area contributed by atoms with Crippen molar-refractivity contribution in [2.75, 3.05) is 30.4 Å². The lowest BCUT2D eigenvalue weighted by Gasteiger charge is -2.13. The number of hydrogen-bond donors (Lipinski definition) is 2. The molecule has 0 spiro atoms. The van der Waals surface area contributed by atoms with Crippen LogP contribution < -0.4 is 20.1 Å². The molecule has 0 fully saturated rings. The number of carbonyl (C=O) groups excluding carboxylic acids is 1. The van der Waals surface area contributed by atoms with Crippen LogP contribution in [0.5, 0.6) is 11.5 Å². The van der Waals surface area contributed by atoms with Gasteiger partial charge in [0.1, 0.15) is 11.5 Å². The van der Waals surface area contributed by atoms with Crippen molar-refractivity contribution < 1.29 is 14.3 Å². The minimum atomic E-state index is -0.123. The minimum absolute atomic E-state index is 0.123. The molecule has 158 valence electrons. The fraction of sp³-hybridized carbons (Fsp3) is 0.458. The number of para-hydroxylation sites is 2. The van der Waals surface area contributed by atoms with Gasteiger partial charge < -0.3 is 20.1 Å². The summed E-state index contributed by atoms with van der Waals surface area (Å²) in [6.07, 6.45) is 6.77. The van der Waals surface area contributed by atoms with Crippen LogP contribution in [0.2, 0.25) is 0 Å². The predicted octanol–water partition coefficient (Wildman–Crippen LogP) is 5.88. The molecule has 0 aliphatic heterocycles. The number of benzene rings is 2. The number of rotatable bonds is 14. The Hall–Kier alpha value is -2.69. The van der Waals surface area contributed by atoms with E-state index >= 15 is 0 Å². The Kier molecular flexibility index (Phi) is 10.5. The Morgan fingerprint density at radius 3 is 2.48 bits per heavy atom. The third kappa shape index (κ3) is 8.90. The maximum atomic E-state index is 12.4. The molecule has 2 aromatic rings. The second-order valence-corrected chi connectivity index (χ2v) is 7.04. The highest BCUT2D eigenvalue weighted by atomic mass is 16.5. The Bertz CT molecular complexity index is 734. The molecule has 0 saturated heterocycles. The molecule has 0 radical (unpaired) electrons. The van der Waals surface area contributed by atoms with Crippen molar-refractivity contribution in [1.82, 2.24) is 0 Å². The summed E-state index contributed by atoms with van der Waals surface area (Å²) in [5, 5.41) is 6.07. The lowest BCUT2D eigenvalue weighted by molar-refractivity contribution is -0.114. The molecule has 0 heterocycles. The summed E-state index contributed by atoms with van der Waals surface area (Å²) >= 11 is 0. The molecule has 1 amide bonds. The normalized spacial score (nSPS) is 10.4. The molecule has 2 aromatic carbocycles. The number of amides is 1. The number of carbonyl (C=O) groups is 1. The van der Waals surface area contributed by atoms with Gasteiger partial charge in [-0.2, -0.15) is 0 Å². The molecular weight excluding hydrogens is 364 g/mol. The molecule has 0 atom stereocenters. The van der Waals surface area contributed by atoms with Gasteiger partial charge in [0.2, 0.25) is 5.91 Å². The number of hydrogen-bond acceptors (Lipinski definition) is 4. The maximum absolute atomic E-state index is 12.4. The fourth-order valence-electron chi connectivity index (χ4n) is 2.81. The molecule has 0 bridgehead atoms. The summed E-state index contributed by atoms with van der Waals surface area (Å²) in [7, 11) is 0. The van der Waals surface area contributed by atoms with Crippen molar-refractivity contribution in [2.24, 2.45) is 0 Å². The summed E-state index contributed by atoms with van der Waals surface area (Å²) in [4.78, 5) is 12.4. The van der Waals surface area contributed by atoms with Gasteiger partial charge in [0.25, 0.3) is 0 Å². The highest BCUT2D eigenvalue weighted by Gasteiger charge is 2.08. The summed E-state index contributed by atoms with van der Waals surface area (Å²) in [6, 6.07) is 15.2. The summed E-state index contributed by atoms with van der Waals surface area (Å²) < 4.78 is 11.6. The second kappa shape index (κ2) is 13.5. The first kappa shape index (κ1) is 22.6. The fourth-order valence-corrected chi connectivity index (χ4v) is 2.81. The first-order valence-electron chi connectivity index (χ1n) is 10.7. The molecule has 2 N–H and O–H groups in total. The van der Waals surface area contributed by atoms with E-state index in [1.54, 1.807) is 0 Å². The minimum Gasteiger partial charge on any atom is -0.494 e. The van der Waals surface area contributed by atoms with Crippen LogP contribution in [-0.2, 0) is 4.79 Å². The van der Waals surface area contributed by atoms with E-state index in [9.17, 15) is 4.79 Å².